The zero-order valence-electron chi connectivity index (χ0n) is 11.0. The average Bonchev–Trinajstić information content (AvgIpc) is 2.64. The van der Waals surface area contributed by atoms with Crippen molar-refractivity contribution in [2.45, 2.75) is 46.5 Å². The fourth-order valence-corrected chi connectivity index (χ4v) is 5.18. The summed E-state index contributed by atoms with van der Waals surface area (Å²) in [5.74, 6) is 2.14. The fourth-order valence-electron chi connectivity index (χ4n) is 5.18. The van der Waals surface area contributed by atoms with Gasteiger partial charge in [0, 0.05) is 5.57 Å². The highest BCUT2D eigenvalue weighted by atomic mass is 16.4. The van der Waals surface area contributed by atoms with Crippen LogP contribution in [-0.4, -0.2) is 11.1 Å². The Balaban J connectivity index is 1.67. The van der Waals surface area contributed by atoms with Gasteiger partial charge in [0.2, 0.25) is 0 Å². The maximum absolute atomic E-state index is 10.7. The van der Waals surface area contributed by atoms with Crippen molar-refractivity contribution in [1.82, 2.24) is 0 Å². The number of rotatable bonds is 4. The molecule has 4 saturated carbocycles. The summed E-state index contributed by atoms with van der Waals surface area (Å²) in [6.45, 7) is 6.62. The molecule has 0 aromatic rings. The summed E-state index contributed by atoms with van der Waals surface area (Å²) in [7, 11) is 0. The van der Waals surface area contributed by atoms with E-state index in [9.17, 15) is 4.79 Å². The standard InChI is InChI=1S/C15H22O2/c1-9(13(16)17)5-4-6-14(2)10-7-11-12(8-10)15(11,14)3/h5,10-12H,4,6-8H2,1-3H3,(H,16,17)/b9-5+/t10?,11-,12?,14+,15?/m0/s1. The lowest BCUT2D eigenvalue weighted by atomic mass is 9.71. The van der Waals surface area contributed by atoms with Crippen molar-refractivity contribution in [2.75, 3.05) is 0 Å². The predicted octanol–water partition coefficient (Wildman–Crippen LogP) is 3.48. The first-order chi connectivity index (χ1) is 7.91. The molecule has 0 heterocycles. The lowest BCUT2D eigenvalue weighted by Gasteiger charge is -2.34. The highest BCUT2D eigenvalue weighted by Crippen LogP contribution is 2.87. The van der Waals surface area contributed by atoms with Gasteiger partial charge < -0.3 is 5.11 Å². The van der Waals surface area contributed by atoms with Gasteiger partial charge in [-0.2, -0.15) is 0 Å². The van der Waals surface area contributed by atoms with E-state index in [1.54, 1.807) is 6.92 Å². The van der Waals surface area contributed by atoms with E-state index < -0.39 is 5.97 Å². The maximum atomic E-state index is 10.7. The van der Waals surface area contributed by atoms with Crippen LogP contribution in [-0.2, 0) is 4.79 Å². The molecule has 2 nitrogen and oxygen atoms in total. The minimum atomic E-state index is -0.776. The smallest absolute Gasteiger partial charge is 0.330 e. The molecule has 0 saturated heterocycles. The Bertz CT molecular complexity index is 397. The Labute approximate surface area is 103 Å². The quantitative estimate of drug-likeness (QED) is 0.756. The van der Waals surface area contributed by atoms with E-state index in [0.717, 1.165) is 24.2 Å². The topological polar surface area (TPSA) is 37.3 Å². The molecule has 94 valence electrons. The Morgan fingerprint density at radius 3 is 2.35 bits per heavy atom. The molecular weight excluding hydrogens is 212 g/mol. The average molecular weight is 234 g/mol. The highest BCUT2D eigenvalue weighted by Gasteiger charge is 2.80. The molecular formula is C15H22O2. The van der Waals surface area contributed by atoms with Gasteiger partial charge in [-0.1, -0.05) is 19.9 Å². The van der Waals surface area contributed by atoms with E-state index in [1.807, 2.05) is 6.08 Å². The second-order valence-electron chi connectivity index (χ2n) is 6.81. The third kappa shape index (κ3) is 1.19. The number of carbonyl (C=O) groups is 1. The number of hydrogen-bond donors (Lipinski definition) is 1. The summed E-state index contributed by atoms with van der Waals surface area (Å²) in [4.78, 5) is 10.7. The van der Waals surface area contributed by atoms with Crippen LogP contribution in [0.25, 0.3) is 0 Å². The number of carboxylic acid groups (broad SMARTS) is 1. The van der Waals surface area contributed by atoms with E-state index in [0.29, 0.717) is 16.4 Å². The van der Waals surface area contributed by atoms with Crippen molar-refractivity contribution in [3.8, 4) is 0 Å². The highest BCUT2D eigenvalue weighted by molar-refractivity contribution is 5.85. The van der Waals surface area contributed by atoms with E-state index >= 15 is 0 Å². The van der Waals surface area contributed by atoms with Gasteiger partial charge in [-0.15, -0.1) is 0 Å². The van der Waals surface area contributed by atoms with Crippen LogP contribution in [0.3, 0.4) is 0 Å². The van der Waals surface area contributed by atoms with Crippen LogP contribution in [0.1, 0.15) is 46.5 Å². The molecule has 4 bridgehead atoms. The molecule has 0 spiro atoms. The van der Waals surface area contributed by atoms with E-state index in [-0.39, 0.29) is 0 Å². The fraction of sp³-hybridized carbons (Fsp3) is 0.800. The Hall–Kier alpha value is -0.790. The van der Waals surface area contributed by atoms with Gasteiger partial charge in [0.15, 0.2) is 0 Å². The molecule has 4 fully saturated rings. The van der Waals surface area contributed by atoms with Gasteiger partial charge in [-0.25, -0.2) is 4.79 Å². The monoisotopic (exact) mass is 234 g/mol. The number of aliphatic carboxylic acids is 1. The van der Waals surface area contributed by atoms with Crippen LogP contribution < -0.4 is 0 Å². The summed E-state index contributed by atoms with van der Waals surface area (Å²) < 4.78 is 0. The zero-order chi connectivity index (χ0) is 12.4. The SMILES string of the molecule is C/C(=C\CC[C@]1(C)C2CC3[C@H](C2)C31C)C(=O)O. The van der Waals surface area contributed by atoms with Crippen molar-refractivity contribution in [1.29, 1.82) is 0 Å². The maximum Gasteiger partial charge on any atom is 0.330 e. The van der Waals surface area contributed by atoms with Crippen LogP contribution in [0.4, 0.5) is 0 Å². The first-order valence-electron chi connectivity index (χ1n) is 6.81. The molecule has 0 amide bonds. The molecule has 0 aromatic heterocycles. The largest absolute Gasteiger partial charge is 0.478 e. The molecule has 4 rings (SSSR count). The molecule has 17 heavy (non-hydrogen) atoms. The molecule has 3 unspecified atom stereocenters. The Morgan fingerprint density at radius 2 is 1.94 bits per heavy atom. The van der Waals surface area contributed by atoms with Gasteiger partial charge in [-0.05, 0) is 61.2 Å². The van der Waals surface area contributed by atoms with E-state index in [4.69, 9.17) is 5.11 Å². The molecule has 5 atom stereocenters. The number of carboxylic acids is 1. The van der Waals surface area contributed by atoms with Crippen molar-refractivity contribution >= 4 is 5.97 Å². The third-order valence-corrected chi connectivity index (χ3v) is 6.58. The van der Waals surface area contributed by atoms with Crippen molar-refractivity contribution in [3.05, 3.63) is 11.6 Å². The van der Waals surface area contributed by atoms with Gasteiger partial charge in [0.1, 0.15) is 0 Å². The van der Waals surface area contributed by atoms with Gasteiger partial charge >= 0.3 is 5.97 Å². The molecule has 1 N–H and O–H groups in total. The first kappa shape index (κ1) is 11.3. The molecule has 0 aromatic carbocycles. The van der Waals surface area contributed by atoms with Crippen LogP contribution in [0.15, 0.2) is 11.6 Å². The minimum absolute atomic E-state index is 0.484. The molecule has 2 heteroatoms. The van der Waals surface area contributed by atoms with Crippen LogP contribution in [0.5, 0.6) is 0 Å². The molecule has 4 aliphatic rings. The van der Waals surface area contributed by atoms with Crippen LogP contribution in [0.2, 0.25) is 0 Å². The first-order valence-corrected chi connectivity index (χ1v) is 6.81. The van der Waals surface area contributed by atoms with E-state index in [2.05, 4.69) is 13.8 Å². The summed E-state index contributed by atoms with van der Waals surface area (Å²) in [5, 5.41) is 8.84. The van der Waals surface area contributed by atoms with Crippen molar-refractivity contribution < 1.29 is 9.90 Å². The Morgan fingerprint density at radius 1 is 1.35 bits per heavy atom. The number of hydrogen-bond acceptors (Lipinski definition) is 1. The van der Waals surface area contributed by atoms with Crippen molar-refractivity contribution in [2.24, 2.45) is 28.6 Å². The summed E-state index contributed by atoms with van der Waals surface area (Å²) in [6.07, 6.45) is 6.90. The van der Waals surface area contributed by atoms with Gasteiger partial charge in [0.05, 0.1) is 0 Å². The van der Waals surface area contributed by atoms with Crippen molar-refractivity contribution in [3.63, 3.8) is 0 Å². The van der Waals surface area contributed by atoms with Gasteiger partial charge in [-0.3, -0.25) is 0 Å². The zero-order valence-corrected chi connectivity index (χ0v) is 11.0. The molecule has 0 radical (unpaired) electrons. The minimum Gasteiger partial charge on any atom is -0.478 e. The predicted molar refractivity (Wildman–Crippen MR) is 66.5 cm³/mol. The van der Waals surface area contributed by atoms with Crippen LogP contribution >= 0.6 is 0 Å². The second-order valence-corrected chi connectivity index (χ2v) is 6.81. The number of allylic oxidation sites excluding steroid dienone is 1. The summed E-state index contributed by atoms with van der Waals surface area (Å²) in [5.41, 5.74) is 1.58. The summed E-state index contributed by atoms with van der Waals surface area (Å²) >= 11 is 0. The van der Waals surface area contributed by atoms with Gasteiger partial charge in [0.25, 0.3) is 0 Å². The third-order valence-electron chi connectivity index (χ3n) is 6.58. The second kappa shape index (κ2) is 3.15. The molecule has 4 aliphatic carbocycles. The lowest BCUT2D eigenvalue weighted by Crippen LogP contribution is -2.26. The normalized spacial score (nSPS) is 50.8. The van der Waals surface area contributed by atoms with E-state index in [1.165, 1.54) is 19.3 Å². The summed E-state index contributed by atoms with van der Waals surface area (Å²) in [6, 6.07) is 0. The molecule has 0 aliphatic heterocycles. The van der Waals surface area contributed by atoms with Crippen LogP contribution in [0, 0.1) is 28.6 Å². The lowest BCUT2D eigenvalue weighted by molar-refractivity contribution is -0.132. The Kier molecular flexibility index (Phi) is 2.10.